The molecular formula is C19H24O5S. The lowest BCUT2D eigenvalue weighted by Gasteiger charge is -2.15. The highest BCUT2D eigenvalue weighted by molar-refractivity contribution is 7.80. The standard InChI is InChI=1S/C19H24O5S/c1-5-23-15(25)9-7-11(2)6-8-13-17(20)16-14(10-24-19(16)21)12(3)18(13)22-4/h6,20H,5,7-10H2,1-4H3/b11-6+. The quantitative estimate of drug-likeness (QED) is 0.448. The van der Waals surface area contributed by atoms with Gasteiger partial charge in [0.05, 0.1) is 13.7 Å². The van der Waals surface area contributed by atoms with Gasteiger partial charge < -0.3 is 19.3 Å². The number of carbonyl (C=O) groups excluding carboxylic acids is 1. The number of thiocarbonyl (C=S) groups is 1. The summed E-state index contributed by atoms with van der Waals surface area (Å²) in [5, 5.41) is 11.2. The van der Waals surface area contributed by atoms with Crippen molar-refractivity contribution in [3.63, 3.8) is 0 Å². The van der Waals surface area contributed by atoms with Crippen LogP contribution in [0.3, 0.4) is 0 Å². The van der Waals surface area contributed by atoms with Crippen LogP contribution in [-0.2, 0) is 22.5 Å². The Bertz CT molecular complexity index is 721. The number of carbonyl (C=O) groups is 1. The lowest BCUT2D eigenvalue weighted by Crippen LogP contribution is -2.03. The largest absolute Gasteiger partial charge is 0.507 e. The number of rotatable bonds is 7. The van der Waals surface area contributed by atoms with Crippen molar-refractivity contribution in [1.82, 2.24) is 0 Å². The minimum Gasteiger partial charge on any atom is -0.507 e. The topological polar surface area (TPSA) is 65.0 Å². The zero-order chi connectivity index (χ0) is 18.6. The lowest BCUT2D eigenvalue weighted by molar-refractivity contribution is 0.0533. The number of allylic oxidation sites excluding steroid dienone is 2. The molecule has 0 atom stereocenters. The number of esters is 1. The van der Waals surface area contributed by atoms with Gasteiger partial charge in [0, 0.05) is 17.5 Å². The van der Waals surface area contributed by atoms with E-state index in [-0.39, 0.29) is 17.9 Å². The second-order valence-corrected chi connectivity index (χ2v) is 6.43. The molecule has 2 rings (SSSR count). The van der Waals surface area contributed by atoms with Crippen LogP contribution >= 0.6 is 12.2 Å². The van der Waals surface area contributed by atoms with Crippen LogP contribution in [0.4, 0.5) is 0 Å². The Balaban J connectivity index is 2.23. The van der Waals surface area contributed by atoms with Gasteiger partial charge in [0.15, 0.2) is 5.05 Å². The summed E-state index contributed by atoms with van der Waals surface area (Å²) in [5.41, 5.74) is 3.52. The molecule has 1 aliphatic rings. The minimum atomic E-state index is -0.484. The van der Waals surface area contributed by atoms with E-state index >= 15 is 0 Å². The van der Waals surface area contributed by atoms with Gasteiger partial charge in [0.1, 0.15) is 23.7 Å². The van der Waals surface area contributed by atoms with Crippen molar-refractivity contribution < 1.29 is 24.1 Å². The first-order valence-corrected chi connectivity index (χ1v) is 8.71. The van der Waals surface area contributed by atoms with Gasteiger partial charge >= 0.3 is 5.97 Å². The summed E-state index contributed by atoms with van der Waals surface area (Å²) in [4.78, 5) is 11.9. The smallest absolute Gasteiger partial charge is 0.342 e. The van der Waals surface area contributed by atoms with Crippen LogP contribution in [0.5, 0.6) is 11.5 Å². The van der Waals surface area contributed by atoms with E-state index in [1.807, 2.05) is 26.8 Å². The second kappa shape index (κ2) is 8.34. The van der Waals surface area contributed by atoms with Crippen molar-refractivity contribution >= 4 is 23.2 Å². The predicted molar refractivity (Wildman–Crippen MR) is 99.4 cm³/mol. The van der Waals surface area contributed by atoms with Gasteiger partial charge in [-0.3, -0.25) is 0 Å². The van der Waals surface area contributed by atoms with Gasteiger partial charge in [0.2, 0.25) is 0 Å². The highest BCUT2D eigenvalue weighted by atomic mass is 32.1. The highest BCUT2D eigenvalue weighted by Gasteiger charge is 2.31. The van der Waals surface area contributed by atoms with Crippen LogP contribution in [-0.4, -0.2) is 29.8 Å². The molecule has 0 aliphatic carbocycles. The number of phenolic OH excluding ortho intramolecular Hbond substituents is 1. The molecule has 0 radical (unpaired) electrons. The number of aromatic hydroxyl groups is 1. The third-order valence-corrected chi connectivity index (χ3v) is 4.65. The van der Waals surface area contributed by atoms with Gasteiger partial charge in [-0.1, -0.05) is 11.6 Å². The van der Waals surface area contributed by atoms with E-state index in [0.717, 1.165) is 17.6 Å². The lowest BCUT2D eigenvalue weighted by atomic mass is 9.94. The molecule has 25 heavy (non-hydrogen) atoms. The van der Waals surface area contributed by atoms with E-state index in [1.165, 1.54) is 0 Å². The summed E-state index contributed by atoms with van der Waals surface area (Å²) in [6, 6.07) is 0. The molecule has 0 bridgehead atoms. The maximum absolute atomic E-state index is 11.9. The number of hydrogen-bond acceptors (Lipinski definition) is 6. The maximum atomic E-state index is 11.9. The molecular weight excluding hydrogens is 340 g/mol. The third-order valence-electron chi connectivity index (χ3n) is 4.33. The first-order valence-electron chi connectivity index (χ1n) is 8.30. The second-order valence-electron chi connectivity index (χ2n) is 5.97. The molecule has 0 fully saturated rings. The average molecular weight is 364 g/mol. The number of methoxy groups -OCH3 is 1. The zero-order valence-corrected chi connectivity index (χ0v) is 15.9. The molecule has 136 valence electrons. The Labute approximate surface area is 153 Å². The minimum absolute atomic E-state index is 0.0474. The van der Waals surface area contributed by atoms with Crippen LogP contribution < -0.4 is 4.74 Å². The third kappa shape index (κ3) is 4.12. The first-order chi connectivity index (χ1) is 11.9. The van der Waals surface area contributed by atoms with Crippen molar-refractivity contribution in [1.29, 1.82) is 0 Å². The normalized spacial score (nSPS) is 13.4. The van der Waals surface area contributed by atoms with Crippen molar-refractivity contribution in [2.45, 2.75) is 46.6 Å². The molecule has 0 saturated carbocycles. The zero-order valence-electron chi connectivity index (χ0n) is 15.1. The fourth-order valence-electron chi connectivity index (χ4n) is 2.94. The highest BCUT2D eigenvalue weighted by Crippen LogP contribution is 2.42. The molecule has 0 spiro atoms. The average Bonchev–Trinajstić information content (AvgIpc) is 2.97. The number of phenols is 1. The Hall–Kier alpha value is -2.08. The van der Waals surface area contributed by atoms with E-state index in [1.54, 1.807) is 7.11 Å². The summed E-state index contributed by atoms with van der Waals surface area (Å²) in [5.74, 6) is 0.0690. The summed E-state index contributed by atoms with van der Waals surface area (Å²) in [6.07, 6.45) is 3.94. The summed E-state index contributed by atoms with van der Waals surface area (Å²) < 4.78 is 15.8. The number of fused-ring (bicyclic) bond motifs is 1. The van der Waals surface area contributed by atoms with Crippen molar-refractivity contribution in [3.8, 4) is 11.5 Å². The molecule has 0 saturated heterocycles. The maximum Gasteiger partial charge on any atom is 0.342 e. The van der Waals surface area contributed by atoms with Crippen molar-refractivity contribution in [2.75, 3.05) is 13.7 Å². The van der Waals surface area contributed by atoms with Gasteiger partial charge in [-0.2, -0.15) is 0 Å². The molecule has 6 heteroatoms. The number of benzene rings is 1. The van der Waals surface area contributed by atoms with Crippen LogP contribution in [0.25, 0.3) is 0 Å². The number of cyclic esters (lactones) is 1. The fourth-order valence-corrected chi connectivity index (χ4v) is 3.16. The molecule has 1 aromatic rings. The molecule has 1 aromatic carbocycles. The molecule has 1 aliphatic heterocycles. The first kappa shape index (κ1) is 19.2. The molecule has 1 N–H and O–H groups in total. The van der Waals surface area contributed by atoms with Gasteiger partial charge in [0.25, 0.3) is 0 Å². The Morgan fingerprint density at radius 3 is 2.76 bits per heavy atom. The predicted octanol–water partition coefficient (Wildman–Crippen LogP) is 4.01. The van der Waals surface area contributed by atoms with E-state index in [0.29, 0.717) is 41.4 Å². The monoisotopic (exact) mass is 364 g/mol. The van der Waals surface area contributed by atoms with Crippen LogP contribution in [0.1, 0.15) is 53.7 Å². The summed E-state index contributed by atoms with van der Waals surface area (Å²) in [6.45, 7) is 6.54. The van der Waals surface area contributed by atoms with Gasteiger partial charge in [-0.25, -0.2) is 4.79 Å². The van der Waals surface area contributed by atoms with Crippen LogP contribution in [0.15, 0.2) is 11.6 Å². The Morgan fingerprint density at radius 1 is 1.40 bits per heavy atom. The van der Waals surface area contributed by atoms with Crippen molar-refractivity contribution in [2.24, 2.45) is 0 Å². The van der Waals surface area contributed by atoms with E-state index < -0.39 is 5.97 Å². The molecule has 5 nitrogen and oxygen atoms in total. The van der Waals surface area contributed by atoms with Gasteiger partial charge in [-0.15, -0.1) is 0 Å². The molecule has 1 heterocycles. The van der Waals surface area contributed by atoms with E-state index in [2.05, 4.69) is 0 Å². The number of ether oxygens (including phenoxy) is 3. The van der Waals surface area contributed by atoms with E-state index in [9.17, 15) is 9.90 Å². The van der Waals surface area contributed by atoms with Crippen LogP contribution in [0.2, 0.25) is 0 Å². The molecule has 0 unspecified atom stereocenters. The number of hydrogen-bond donors (Lipinski definition) is 1. The fraction of sp³-hybridized carbons (Fsp3) is 0.474. The summed E-state index contributed by atoms with van der Waals surface area (Å²) in [7, 11) is 1.56. The van der Waals surface area contributed by atoms with Crippen molar-refractivity contribution in [3.05, 3.63) is 33.9 Å². The van der Waals surface area contributed by atoms with Gasteiger partial charge in [-0.05, 0) is 51.4 Å². The molecule has 0 amide bonds. The molecule has 0 aromatic heterocycles. The van der Waals surface area contributed by atoms with Crippen LogP contribution in [0, 0.1) is 6.92 Å². The SMILES string of the molecule is CCOC(=S)CC/C(C)=C/Cc1c(O)c2c(c(C)c1OC)COC2=O. The Kier molecular flexibility index (Phi) is 6.42. The Morgan fingerprint density at radius 2 is 2.12 bits per heavy atom. The summed E-state index contributed by atoms with van der Waals surface area (Å²) >= 11 is 5.13. The van der Waals surface area contributed by atoms with E-state index in [4.69, 9.17) is 26.4 Å².